The second kappa shape index (κ2) is 13.6. The van der Waals surface area contributed by atoms with Crippen LogP contribution in [-0.2, 0) is 0 Å². The van der Waals surface area contributed by atoms with Gasteiger partial charge < -0.3 is 13.7 Å². The fraction of sp³-hybridized carbons (Fsp3) is 0. The summed E-state index contributed by atoms with van der Waals surface area (Å²) in [5.74, 6) is 0. The van der Waals surface area contributed by atoms with E-state index in [-0.39, 0.29) is 0 Å². The van der Waals surface area contributed by atoms with Gasteiger partial charge in [0.15, 0.2) is 0 Å². The highest BCUT2D eigenvalue weighted by atomic mass is 16.3. The zero-order valence-electron chi connectivity index (χ0n) is 31.0. The van der Waals surface area contributed by atoms with Gasteiger partial charge >= 0.3 is 0 Å². The first-order valence-corrected chi connectivity index (χ1v) is 19.3. The van der Waals surface area contributed by atoms with Crippen molar-refractivity contribution in [2.45, 2.75) is 0 Å². The molecule has 2 aromatic heterocycles. The van der Waals surface area contributed by atoms with Crippen LogP contribution in [0.15, 0.2) is 221 Å². The average molecular weight is 730 g/mol. The number of fused-ring (bicyclic) bond motifs is 6. The van der Waals surface area contributed by atoms with Crippen molar-refractivity contribution < 1.29 is 8.83 Å². The van der Waals surface area contributed by atoms with Gasteiger partial charge in [0.05, 0.1) is 0 Å². The van der Waals surface area contributed by atoms with Crippen molar-refractivity contribution in [1.82, 2.24) is 0 Å². The summed E-state index contributed by atoms with van der Waals surface area (Å²) in [5, 5.41) is 4.44. The first-order valence-electron chi connectivity index (χ1n) is 19.3. The van der Waals surface area contributed by atoms with Crippen LogP contribution in [-0.4, -0.2) is 0 Å². The third-order valence-corrected chi connectivity index (χ3v) is 11.1. The Kier molecular flexibility index (Phi) is 7.82. The summed E-state index contributed by atoms with van der Waals surface area (Å²) in [6, 6.07) is 75.2. The first kappa shape index (κ1) is 32.8. The molecule has 0 unspecified atom stereocenters. The molecule has 0 amide bonds. The number of hydrogen-bond acceptors (Lipinski definition) is 3. The molecule has 0 saturated carbocycles. The van der Waals surface area contributed by atoms with Gasteiger partial charge in [-0.15, -0.1) is 0 Å². The van der Waals surface area contributed by atoms with E-state index in [9.17, 15) is 0 Å². The Labute approximate surface area is 330 Å². The number of benzene rings is 9. The third-order valence-electron chi connectivity index (χ3n) is 11.1. The molecule has 9 aromatic carbocycles. The van der Waals surface area contributed by atoms with Crippen molar-refractivity contribution in [2.24, 2.45) is 0 Å². The fourth-order valence-electron chi connectivity index (χ4n) is 8.26. The van der Waals surface area contributed by atoms with E-state index in [0.717, 1.165) is 105 Å². The van der Waals surface area contributed by atoms with Crippen molar-refractivity contribution >= 4 is 60.9 Å². The molecule has 0 saturated heterocycles. The minimum Gasteiger partial charge on any atom is -0.456 e. The highest BCUT2D eigenvalue weighted by Crippen LogP contribution is 2.43. The van der Waals surface area contributed by atoms with Gasteiger partial charge in [0.2, 0.25) is 0 Å². The lowest BCUT2D eigenvalue weighted by Crippen LogP contribution is -2.10. The molecule has 0 aliphatic carbocycles. The van der Waals surface area contributed by atoms with Crippen molar-refractivity contribution in [3.8, 4) is 44.5 Å². The number of hydrogen-bond donors (Lipinski definition) is 0. The molecule has 0 aliphatic heterocycles. The molecule has 0 fully saturated rings. The smallest absolute Gasteiger partial charge is 0.143 e. The zero-order valence-corrected chi connectivity index (χ0v) is 31.0. The van der Waals surface area contributed by atoms with Crippen LogP contribution in [0.2, 0.25) is 0 Å². The summed E-state index contributed by atoms with van der Waals surface area (Å²) in [6.07, 6.45) is 0. The lowest BCUT2D eigenvalue weighted by Gasteiger charge is -2.27. The molecular formula is C54H35NO2. The number of nitrogens with zero attached hydrogens (tertiary/aromatic N) is 1. The van der Waals surface area contributed by atoms with E-state index in [1.54, 1.807) is 0 Å². The standard InChI is InChI=1S/C54H35NO2/c1-4-13-36(14-5-1)41-31-42(37-15-6-2-7-16-37)33-45(32-41)55(44-28-29-48-47-19-10-11-22-51(47)56-53(48)35-44)43-26-23-38(24-27-43)40-25-30-52-50(34-40)49-21-12-20-46(54(49)57-52)39-17-8-3-9-18-39/h1-35H. The van der Waals surface area contributed by atoms with Crippen LogP contribution in [0, 0.1) is 0 Å². The number of anilines is 3. The van der Waals surface area contributed by atoms with Gasteiger partial charge in [0.1, 0.15) is 22.3 Å². The van der Waals surface area contributed by atoms with E-state index in [1.165, 1.54) is 0 Å². The molecule has 0 atom stereocenters. The molecule has 0 spiro atoms. The molecule has 11 rings (SSSR count). The second-order valence-corrected chi connectivity index (χ2v) is 14.5. The predicted molar refractivity (Wildman–Crippen MR) is 237 cm³/mol. The molecule has 268 valence electrons. The molecule has 57 heavy (non-hydrogen) atoms. The highest BCUT2D eigenvalue weighted by molar-refractivity contribution is 6.11. The first-order chi connectivity index (χ1) is 28.2. The Bertz CT molecular complexity index is 3160. The monoisotopic (exact) mass is 729 g/mol. The van der Waals surface area contributed by atoms with Crippen LogP contribution in [0.5, 0.6) is 0 Å². The summed E-state index contributed by atoms with van der Waals surface area (Å²) >= 11 is 0. The van der Waals surface area contributed by atoms with E-state index in [2.05, 4.69) is 199 Å². The summed E-state index contributed by atoms with van der Waals surface area (Å²) in [7, 11) is 0. The maximum Gasteiger partial charge on any atom is 0.143 e. The lowest BCUT2D eigenvalue weighted by atomic mass is 9.97. The Balaban J connectivity index is 1.05. The third kappa shape index (κ3) is 5.85. The van der Waals surface area contributed by atoms with Crippen molar-refractivity contribution in [3.05, 3.63) is 212 Å². The van der Waals surface area contributed by atoms with Crippen LogP contribution < -0.4 is 4.90 Å². The van der Waals surface area contributed by atoms with Crippen LogP contribution in [0.25, 0.3) is 88.4 Å². The lowest BCUT2D eigenvalue weighted by molar-refractivity contribution is 0.669. The van der Waals surface area contributed by atoms with Gasteiger partial charge in [-0.1, -0.05) is 146 Å². The van der Waals surface area contributed by atoms with E-state index in [1.807, 2.05) is 18.2 Å². The number of rotatable bonds is 7. The number of furan rings is 2. The zero-order chi connectivity index (χ0) is 37.7. The minimum absolute atomic E-state index is 0.855. The molecule has 0 N–H and O–H groups in total. The van der Waals surface area contributed by atoms with Gasteiger partial charge in [-0.25, -0.2) is 0 Å². The van der Waals surface area contributed by atoms with Gasteiger partial charge in [0, 0.05) is 50.2 Å². The van der Waals surface area contributed by atoms with Crippen molar-refractivity contribution in [2.75, 3.05) is 4.90 Å². The molecule has 2 heterocycles. The summed E-state index contributed by atoms with van der Waals surface area (Å²) in [5.41, 5.74) is 15.8. The molecular weight excluding hydrogens is 695 g/mol. The molecule has 0 radical (unpaired) electrons. The predicted octanol–water partition coefficient (Wildman–Crippen LogP) is 15.6. The maximum absolute atomic E-state index is 6.50. The number of para-hydroxylation sites is 2. The van der Waals surface area contributed by atoms with Crippen LogP contribution >= 0.6 is 0 Å². The molecule has 3 nitrogen and oxygen atoms in total. The van der Waals surface area contributed by atoms with E-state index >= 15 is 0 Å². The van der Waals surface area contributed by atoms with E-state index in [0.29, 0.717) is 0 Å². The largest absolute Gasteiger partial charge is 0.456 e. The Morgan fingerprint density at radius 3 is 1.54 bits per heavy atom. The fourth-order valence-corrected chi connectivity index (χ4v) is 8.26. The van der Waals surface area contributed by atoms with Gasteiger partial charge in [-0.3, -0.25) is 0 Å². The Morgan fingerprint density at radius 2 is 0.825 bits per heavy atom. The molecule has 0 aliphatic rings. The van der Waals surface area contributed by atoms with Crippen molar-refractivity contribution in [3.63, 3.8) is 0 Å². The van der Waals surface area contributed by atoms with Gasteiger partial charge in [0.25, 0.3) is 0 Å². The summed E-state index contributed by atoms with van der Waals surface area (Å²) < 4.78 is 12.9. The van der Waals surface area contributed by atoms with Gasteiger partial charge in [-0.05, 0) is 99.6 Å². The topological polar surface area (TPSA) is 29.5 Å². The minimum atomic E-state index is 0.855. The maximum atomic E-state index is 6.50. The SMILES string of the molecule is c1ccc(-c2cc(-c3ccccc3)cc(N(c3ccc(-c4ccc5oc6c(-c7ccccc7)cccc6c5c4)cc3)c3ccc4c(c3)oc3ccccc34)c2)cc1. The van der Waals surface area contributed by atoms with Crippen LogP contribution in [0.4, 0.5) is 17.1 Å². The molecule has 3 heteroatoms. The van der Waals surface area contributed by atoms with Gasteiger partial charge in [-0.2, -0.15) is 0 Å². The van der Waals surface area contributed by atoms with E-state index in [4.69, 9.17) is 8.83 Å². The van der Waals surface area contributed by atoms with E-state index < -0.39 is 0 Å². The normalized spacial score (nSPS) is 11.5. The summed E-state index contributed by atoms with van der Waals surface area (Å²) in [6.45, 7) is 0. The summed E-state index contributed by atoms with van der Waals surface area (Å²) in [4.78, 5) is 2.34. The van der Waals surface area contributed by atoms with Crippen LogP contribution in [0.1, 0.15) is 0 Å². The second-order valence-electron chi connectivity index (χ2n) is 14.5. The van der Waals surface area contributed by atoms with Crippen LogP contribution in [0.3, 0.4) is 0 Å². The van der Waals surface area contributed by atoms with Crippen molar-refractivity contribution in [1.29, 1.82) is 0 Å². The highest BCUT2D eigenvalue weighted by Gasteiger charge is 2.19. The molecule has 0 bridgehead atoms. The average Bonchev–Trinajstić information content (AvgIpc) is 3.85. The Morgan fingerprint density at radius 1 is 0.263 bits per heavy atom. The quantitative estimate of drug-likeness (QED) is 0.164. The Hall–Kier alpha value is -7.62. The molecule has 11 aromatic rings.